The molecule has 2 aromatic rings. The zero-order valence-electron chi connectivity index (χ0n) is 14.1. The summed E-state index contributed by atoms with van der Waals surface area (Å²) in [5, 5.41) is 9.81. The van der Waals surface area contributed by atoms with Gasteiger partial charge in [0.15, 0.2) is 5.76 Å². The van der Waals surface area contributed by atoms with Crippen molar-refractivity contribution >= 4 is 11.9 Å². The molecule has 0 unspecified atom stereocenters. The Morgan fingerprint density at radius 1 is 1.16 bits per heavy atom. The first-order valence-corrected chi connectivity index (χ1v) is 8.23. The minimum Gasteiger partial charge on any atom is -0.481 e. The number of carbonyl (C=O) groups excluding carboxylic acids is 1. The molecule has 0 aliphatic carbocycles. The summed E-state index contributed by atoms with van der Waals surface area (Å²) in [6.45, 7) is 1.06. The van der Waals surface area contributed by atoms with E-state index >= 15 is 0 Å². The molecule has 1 saturated heterocycles. The molecule has 1 aliphatic heterocycles. The van der Waals surface area contributed by atoms with Crippen LogP contribution >= 0.6 is 0 Å². The van der Waals surface area contributed by atoms with Gasteiger partial charge < -0.3 is 19.2 Å². The summed E-state index contributed by atoms with van der Waals surface area (Å²) in [7, 11) is 1.56. The molecule has 0 spiro atoms. The smallest absolute Gasteiger partial charge is 0.314 e. The summed E-state index contributed by atoms with van der Waals surface area (Å²) in [5.41, 5.74) is -0.155. The Labute approximate surface area is 146 Å². The predicted molar refractivity (Wildman–Crippen MR) is 90.3 cm³/mol. The fraction of sp³-hybridized carbons (Fsp3) is 0.368. The number of rotatable bonds is 5. The summed E-state index contributed by atoms with van der Waals surface area (Å²) < 4.78 is 10.5. The number of furan rings is 1. The molecule has 0 bridgehead atoms. The van der Waals surface area contributed by atoms with E-state index in [2.05, 4.69) is 0 Å². The van der Waals surface area contributed by atoms with E-state index in [1.807, 2.05) is 30.3 Å². The quantitative estimate of drug-likeness (QED) is 0.903. The van der Waals surface area contributed by atoms with Crippen molar-refractivity contribution in [2.45, 2.75) is 24.9 Å². The number of hydrogen-bond donors (Lipinski definition) is 1. The number of nitrogens with zero attached hydrogens (tertiary/aromatic N) is 1. The number of benzene rings is 1. The Bertz CT molecular complexity index is 744. The van der Waals surface area contributed by atoms with Crippen LogP contribution in [0.4, 0.5) is 0 Å². The van der Waals surface area contributed by atoms with Crippen LogP contribution in [0.2, 0.25) is 0 Å². The van der Waals surface area contributed by atoms with Crippen molar-refractivity contribution < 1.29 is 23.8 Å². The SMILES string of the molecule is COCc1ccc(C(=O)N2CCC(C(=O)O)(c3ccccc3)CC2)o1. The number of carbonyl (C=O) groups is 2. The second-order valence-corrected chi connectivity index (χ2v) is 6.24. The van der Waals surface area contributed by atoms with E-state index in [1.165, 1.54) is 0 Å². The standard InChI is InChI=1S/C19H21NO5/c1-24-13-15-7-8-16(25-15)17(21)20-11-9-19(10-12-20,18(22)23)14-5-3-2-4-6-14/h2-8H,9-13H2,1H3,(H,22,23). The molecule has 1 amide bonds. The van der Waals surface area contributed by atoms with Crippen LogP contribution in [0.3, 0.4) is 0 Å². The summed E-state index contributed by atoms with van der Waals surface area (Å²) in [6, 6.07) is 12.6. The Kier molecular flexibility index (Phi) is 4.90. The molecule has 0 saturated carbocycles. The van der Waals surface area contributed by atoms with Gasteiger partial charge in [0, 0.05) is 20.2 Å². The molecule has 1 N–H and O–H groups in total. The Balaban J connectivity index is 1.73. The topological polar surface area (TPSA) is 80.0 Å². The van der Waals surface area contributed by atoms with E-state index in [1.54, 1.807) is 24.1 Å². The van der Waals surface area contributed by atoms with Gasteiger partial charge in [-0.3, -0.25) is 9.59 Å². The molecule has 6 heteroatoms. The van der Waals surface area contributed by atoms with Gasteiger partial charge in [0.2, 0.25) is 0 Å². The maximum atomic E-state index is 12.6. The normalized spacial score (nSPS) is 16.6. The predicted octanol–water partition coefficient (Wildman–Crippen LogP) is 2.68. The van der Waals surface area contributed by atoms with Crippen molar-refractivity contribution in [2.24, 2.45) is 0 Å². The van der Waals surface area contributed by atoms with Gasteiger partial charge in [-0.05, 0) is 30.5 Å². The molecule has 25 heavy (non-hydrogen) atoms. The highest BCUT2D eigenvalue weighted by molar-refractivity contribution is 5.92. The lowest BCUT2D eigenvalue weighted by Crippen LogP contribution is -2.49. The minimum absolute atomic E-state index is 0.214. The Hall–Kier alpha value is -2.60. The molecule has 0 radical (unpaired) electrons. The lowest BCUT2D eigenvalue weighted by atomic mass is 9.73. The molecule has 1 aliphatic rings. The average molecular weight is 343 g/mol. The lowest BCUT2D eigenvalue weighted by Gasteiger charge is -2.39. The van der Waals surface area contributed by atoms with Gasteiger partial charge in [-0.1, -0.05) is 30.3 Å². The number of ether oxygens (including phenoxy) is 1. The molecule has 3 rings (SSSR count). The van der Waals surface area contributed by atoms with E-state index in [-0.39, 0.29) is 11.7 Å². The van der Waals surface area contributed by atoms with Gasteiger partial charge >= 0.3 is 5.97 Å². The van der Waals surface area contributed by atoms with E-state index < -0.39 is 11.4 Å². The van der Waals surface area contributed by atoms with Crippen LogP contribution in [-0.4, -0.2) is 42.1 Å². The van der Waals surface area contributed by atoms with Gasteiger partial charge in [0.1, 0.15) is 12.4 Å². The molecule has 6 nitrogen and oxygen atoms in total. The van der Waals surface area contributed by atoms with E-state index in [4.69, 9.17) is 9.15 Å². The van der Waals surface area contributed by atoms with Gasteiger partial charge in [-0.2, -0.15) is 0 Å². The number of hydrogen-bond acceptors (Lipinski definition) is 4. The summed E-state index contributed by atoms with van der Waals surface area (Å²) in [5.74, 6) is -0.206. The molecule has 0 atom stereocenters. The van der Waals surface area contributed by atoms with Crippen molar-refractivity contribution in [2.75, 3.05) is 20.2 Å². The zero-order valence-corrected chi connectivity index (χ0v) is 14.1. The van der Waals surface area contributed by atoms with Crippen molar-refractivity contribution in [3.8, 4) is 0 Å². The van der Waals surface area contributed by atoms with E-state index in [0.717, 1.165) is 5.56 Å². The first-order chi connectivity index (χ1) is 12.1. The fourth-order valence-electron chi connectivity index (χ4n) is 3.34. The van der Waals surface area contributed by atoms with Crippen molar-refractivity contribution in [3.05, 3.63) is 59.5 Å². The Morgan fingerprint density at radius 2 is 1.84 bits per heavy atom. The monoisotopic (exact) mass is 343 g/mol. The molecule has 2 heterocycles. The second-order valence-electron chi connectivity index (χ2n) is 6.24. The van der Waals surface area contributed by atoms with Gasteiger partial charge in [0.05, 0.1) is 5.41 Å². The highest BCUT2D eigenvalue weighted by Gasteiger charge is 2.44. The molecular formula is C19H21NO5. The lowest BCUT2D eigenvalue weighted by molar-refractivity contribution is -0.145. The molecule has 1 aromatic heterocycles. The van der Waals surface area contributed by atoms with Crippen LogP contribution in [0.5, 0.6) is 0 Å². The van der Waals surface area contributed by atoms with Crippen LogP contribution in [0.1, 0.15) is 34.7 Å². The molecular weight excluding hydrogens is 322 g/mol. The highest BCUT2D eigenvalue weighted by Crippen LogP contribution is 2.36. The highest BCUT2D eigenvalue weighted by atomic mass is 16.5. The number of piperidine rings is 1. The van der Waals surface area contributed by atoms with Crippen molar-refractivity contribution in [1.29, 1.82) is 0 Å². The number of amides is 1. The van der Waals surface area contributed by atoms with E-state index in [9.17, 15) is 14.7 Å². The van der Waals surface area contributed by atoms with E-state index in [0.29, 0.717) is 38.3 Å². The van der Waals surface area contributed by atoms with Gasteiger partial charge in [-0.15, -0.1) is 0 Å². The maximum absolute atomic E-state index is 12.6. The van der Waals surface area contributed by atoms with Crippen LogP contribution < -0.4 is 0 Å². The third kappa shape index (κ3) is 3.30. The summed E-state index contributed by atoms with van der Waals surface area (Å²) >= 11 is 0. The summed E-state index contributed by atoms with van der Waals surface area (Å²) in [6.07, 6.45) is 0.757. The molecule has 1 fully saturated rings. The third-order valence-corrected chi connectivity index (χ3v) is 4.80. The van der Waals surface area contributed by atoms with Crippen LogP contribution in [0.15, 0.2) is 46.9 Å². The zero-order chi connectivity index (χ0) is 17.9. The number of carboxylic acid groups (broad SMARTS) is 1. The Morgan fingerprint density at radius 3 is 2.44 bits per heavy atom. The van der Waals surface area contributed by atoms with Crippen LogP contribution in [0.25, 0.3) is 0 Å². The number of carboxylic acids is 1. The van der Waals surface area contributed by atoms with Gasteiger partial charge in [-0.25, -0.2) is 0 Å². The number of likely N-dealkylation sites (tertiary alicyclic amines) is 1. The van der Waals surface area contributed by atoms with Crippen LogP contribution in [0, 0.1) is 0 Å². The first kappa shape index (κ1) is 17.2. The fourth-order valence-corrected chi connectivity index (χ4v) is 3.34. The largest absolute Gasteiger partial charge is 0.481 e. The van der Waals surface area contributed by atoms with Crippen molar-refractivity contribution in [3.63, 3.8) is 0 Å². The minimum atomic E-state index is -0.942. The van der Waals surface area contributed by atoms with Crippen molar-refractivity contribution in [1.82, 2.24) is 4.90 Å². The number of aliphatic carboxylic acids is 1. The summed E-state index contributed by atoms with van der Waals surface area (Å²) in [4.78, 5) is 26.2. The third-order valence-electron chi connectivity index (χ3n) is 4.80. The first-order valence-electron chi connectivity index (χ1n) is 8.23. The average Bonchev–Trinajstić information content (AvgIpc) is 3.11. The van der Waals surface area contributed by atoms with Crippen LogP contribution in [-0.2, 0) is 21.6 Å². The second kappa shape index (κ2) is 7.11. The number of methoxy groups -OCH3 is 1. The maximum Gasteiger partial charge on any atom is 0.314 e. The molecule has 132 valence electrons. The molecule has 1 aromatic carbocycles. The van der Waals surface area contributed by atoms with Gasteiger partial charge in [0.25, 0.3) is 5.91 Å².